The number of rotatable bonds is 3. The van der Waals surface area contributed by atoms with E-state index >= 15 is 0 Å². The Labute approximate surface area is 120 Å². The van der Waals surface area contributed by atoms with E-state index in [2.05, 4.69) is 25.1 Å². The first-order chi connectivity index (χ1) is 9.62. The van der Waals surface area contributed by atoms with Crippen LogP contribution in [0.25, 0.3) is 0 Å². The molecule has 2 nitrogen and oxygen atoms in total. The SMILES string of the molecule is COc1ccc2c(c1)C(O)(Cc1ccccc1C)CC2. The second kappa shape index (κ2) is 4.95. The van der Waals surface area contributed by atoms with E-state index in [0.29, 0.717) is 6.42 Å². The van der Waals surface area contributed by atoms with E-state index in [0.717, 1.165) is 24.2 Å². The maximum Gasteiger partial charge on any atom is 0.119 e. The Kier molecular flexibility index (Phi) is 3.27. The zero-order valence-corrected chi connectivity index (χ0v) is 12.0. The third-order valence-corrected chi connectivity index (χ3v) is 4.37. The second-order valence-corrected chi connectivity index (χ2v) is 5.66. The number of fused-ring (bicyclic) bond motifs is 1. The van der Waals surface area contributed by atoms with Gasteiger partial charge in [-0.1, -0.05) is 30.3 Å². The standard InChI is InChI=1S/C18H20O2/c1-13-5-3-4-6-15(13)12-18(19)10-9-14-7-8-16(20-2)11-17(14)18/h3-8,11,19H,9-10,12H2,1-2H3. The zero-order valence-electron chi connectivity index (χ0n) is 12.0. The molecule has 0 saturated heterocycles. The topological polar surface area (TPSA) is 29.5 Å². The molecule has 2 heteroatoms. The third-order valence-electron chi connectivity index (χ3n) is 4.37. The van der Waals surface area contributed by atoms with Crippen LogP contribution in [0.15, 0.2) is 42.5 Å². The van der Waals surface area contributed by atoms with E-state index < -0.39 is 5.60 Å². The summed E-state index contributed by atoms with van der Waals surface area (Å²) in [6.45, 7) is 2.10. The summed E-state index contributed by atoms with van der Waals surface area (Å²) in [6, 6.07) is 14.3. The highest BCUT2D eigenvalue weighted by Crippen LogP contribution is 2.41. The molecule has 0 spiro atoms. The molecule has 0 aromatic heterocycles. The van der Waals surface area contributed by atoms with Crippen molar-refractivity contribution in [3.8, 4) is 5.75 Å². The molecular formula is C18H20O2. The Hall–Kier alpha value is -1.80. The van der Waals surface area contributed by atoms with Crippen LogP contribution in [0, 0.1) is 6.92 Å². The zero-order chi connectivity index (χ0) is 14.2. The van der Waals surface area contributed by atoms with E-state index in [-0.39, 0.29) is 0 Å². The molecule has 2 aromatic rings. The fraction of sp³-hybridized carbons (Fsp3) is 0.333. The van der Waals surface area contributed by atoms with Crippen molar-refractivity contribution in [3.63, 3.8) is 0 Å². The maximum atomic E-state index is 11.1. The Morgan fingerprint density at radius 3 is 2.75 bits per heavy atom. The van der Waals surface area contributed by atoms with Crippen molar-refractivity contribution in [1.29, 1.82) is 0 Å². The van der Waals surface area contributed by atoms with Crippen LogP contribution in [0.3, 0.4) is 0 Å². The Morgan fingerprint density at radius 1 is 1.20 bits per heavy atom. The molecule has 0 saturated carbocycles. The molecule has 104 valence electrons. The van der Waals surface area contributed by atoms with Crippen molar-refractivity contribution >= 4 is 0 Å². The molecule has 1 unspecified atom stereocenters. The molecule has 0 bridgehead atoms. The van der Waals surface area contributed by atoms with Gasteiger partial charge >= 0.3 is 0 Å². The first-order valence-electron chi connectivity index (χ1n) is 7.07. The lowest BCUT2D eigenvalue weighted by atomic mass is 9.87. The lowest BCUT2D eigenvalue weighted by molar-refractivity contribution is 0.0386. The van der Waals surface area contributed by atoms with Gasteiger partial charge in [-0.2, -0.15) is 0 Å². The molecule has 20 heavy (non-hydrogen) atoms. The molecule has 0 amide bonds. The lowest BCUT2D eigenvalue weighted by Gasteiger charge is -2.25. The van der Waals surface area contributed by atoms with Crippen molar-refractivity contribution in [2.45, 2.75) is 31.8 Å². The number of benzene rings is 2. The van der Waals surface area contributed by atoms with Crippen molar-refractivity contribution in [2.24, 2.45) is 0 Å². The van der Waals surface area contributed by atoms with Gasteiger partial charge in [0.25, 0.3) is 0 Å². The molecular weight excluding hydrogens is 248 g/mol. The van der Waals surface area contributed by atoms with E-state index in [4.69, 9.17) is 4.74 Å². The van der Waals surface area contributed by atoms with Gasteiger partial charge in [0.05, 0.1) is 12.7 Å². The van der Waals surface area contributed by atoms with Gasteiger partial charge in [-0.3, -0.25) is 0 Å². The molecule has 1 aliphatic carbocycles. The number of aliphatic hydroxyl groups is 1. The van der Waals surface area contributed by atoms with Gasteiger partial charge in [0.2, 0.25) is 0 Å². The summed E-state index contributed by atoms with van der Waals surface area (Å²) in [6.07, 6.45) is 2.38. The molecule has 3 rings (SSSR count). The Bertz CT molecular complexity index is 633. The maximum absolute atomic E-state index is 11.1. The van der Waals surface area contributed by atoms with E-state index in [9.17, 15) is 5.11 Å². The smallest absolute Gasteiger partial charge is 0.119 e. The van der Waals surface area contributed by atoms with Crippen LogP contribution in [0.1, 0.15) is 28.7 Å². The monoisotopic (exact) mass is 268 g/mol. The van der Waals surface area contributed by atoms with Crippen LogP contribution < -0.4 is 4.74 Å². The van der Waals surface area contributed by atoms with Gasteiger partial charge in [0.1, 0.15) is 5.75 Å². The van der Waals surface area contributed by atoms with Gasteiger partial charge in [0, 0.05) is 6.42 Å². The van der Waals surface area contributed by atoms with Crippen LogP contribution in [0.5, 0.6) is 5.75 Å². The predicted octanol–water partition coefficient (Wildman–Crippen LogP) is 3.38. The molecule has 0 radical (unpaired) electrons. The number of ether oxygens (including phenoxy) is 1. The van der Waals surface area contributed by atoms with E-state index in [1.807, 2.05) is 24.3 Å². The summed E-state index contributed by atoms with van der Waals surface area (Å²) in [5.74, 6) is 0.814. The lowest BCUT2D eigenvalue weighted by Crippen LogP contribution is -2.25. The summed E-state index contributed by atoms with van der Waals surface area (Å²) >= 11 is 0. The number of methoxy groups -OCH3 is 1. The van der Waals surface area contributed by atoms with Crippen molar-refractivity contribution < 1.29 is 9.84 Å². The molecule has 1 aliphatic rings. The first-order valence-corrected chi connectivity index (χ1v) is 7.07. The molecule has 0 heterocycles. The Morgan fingerprint density at radius 2 is 2.00 bits per heavy atom. The summed E-state index contributed by atoms with van der Waals surface area (Å²) in [5, 5.41) is 11.1. The van der Waals surface area contributed by atoms with Gasteiger partial charge in [-0.15, -0.1) is 0 Å². The van der Waals surface area contributed by atoms with Crippen LogP contribution in [0.4, 0.5) is 0 Å². The van der Waals surface area contributed by atoms with Gasteiger partial charge in [0.15, 0.2) is 0 Å². The molecule has 2 aromatic carbocycles. The third kappa shape index (κ3) is 2.20. The first kappa shape index (κ1) is 13.2. The van der Waals surface area contributed by atoms with Crippen molar-refractivity contribution in [2.75, 3.05) is 7.11 Å². The van der Waals surface area contributed by atoms with Gasteiger partial charge in [-0.25, -0.2) is 0 Å². The highest BCUT2D eigenvalue weighted by Gasteiger charge is 2.37. The average molecular weight is 268 g/mol. The van der Waals surface area contributed by atoms with Gasteiger partial charge in [-0.05, 0) is 54.2 Å². The minimum Gasteiger partial charge on any atom is -0.497 e. The fourth-order valence-electron chi connectivity index (χ4n) is 3.12. The van der Waals surface area contributed by atoms with Crippen molar-refractivity contribution in [1.82, 2.24) is 0 Å². The van der Waals surface area contributed by atoms with E-state index in [1.165, 1.54) is 16.7 Å². The largest absolute Gasteiger partial charge is 0.497 e. The molecule has 0 aliphatic heterocycles. The van der Waals surface area contributed by atoms with Crippen LogP contribution in [-0.2, 0) is 18.4 Å². The summed E-state index contributed by atoms with van der Waals surface area (Å²) in [5.41, 5.74) is 3.95. The summed E-state index contributed by atoms with van der Waals surface area (Å²) in [7, 11) is 1.66. The Balaban J connectivity index is 1.98. The van der Waals surface area contributed by atoms with Crippen LogP contribution in [0.2, 0.25) is 0 Å². The second-order valence-electron chi connectivity index (χ2n) is 5.66. The highest BCUT2D eigenvalue weighted by atomic mass is 16.5. The van der Waals surface area contributed by atoms with E-state index in [1.54, 1.807) is 7.11 Å². The summed E-state index contributed by atoms with van der Waals surface area (Å²) in [4.78, 5) is 0. The average Bonchev–Trinajstić information content (AvgIpc) is 2.78. The molecule has 1 atom stereocenters. The number of hydrogen-bond acceptors (Lipinski definition) is 2. The van der Waals surface area contributed by atoms with Crippen molar-refractivity contribution in [3.05, 3.63) is 64.7 Å². The molecule has 1 N–H and O–H groups in total. The number of hydrogen-bond donors (Lipinski definition) is 1. The number of aryl methyl sites for hydroxylation is 2. The van der Waals surface area contributed by atoms with Crippen LogP contribution >= 0.6 is 0 Å². The fourth-order valence-corrected chi connectivity index (χ4v) is 3.12. The molecule has 0 fully saturated rings. The quantitative estimate of drug-likeness (QED) is 0.924. The predicted molar refractivity (Wildman–Crippen MR) is 80.1 cm³/mol. The van der Waals surface area contributed by atoms with Crippen LogP contribution in [-0.4, -0.2) is 12.2 Å². The minimum absolute atomic E-state index is 0.667. The minimum atomic E-state index is -0.768. The highest BCUT2D eigenvalue weighted by molar-refractivity contribution is 5.44. The summed E-state index contributed by atoms with van der Waals surface area (Å²) < 4.78 is 5.30. The van der Waals surface area contributed by atoms with Gasteiger partial charge < -0.3 is 9.84 Å². The normalized spacial score (nSPS) is 20.8.